The van der Waals surface area contributed by atoms with Crippen LogP contribution in [0.15, 0.2) is 73.1 Å². The van der Waals surface area contributed by atoms with Crippen molar-refractivity contribution in [3.05, 3.63) is 84.4 Å². The number of aromatic nitrogens is 2. The van der Waals surface area contributed by atoms with Crippen molar-refractivity contribution in [3.8, 4) is 0 Å². The van der Waals surface area contributed by atoms with Crippen molar-refractivity contribution in [1.29, 1.82) is 0 Å². The molecule has 6 nitrogen and oxygen atoms in total. The lowest BCUT2D eigenvalue weighted by atomic mass is 10.1. The highest BCUT2D eigenvalue weighted by Gasteiger charge is 2.33. The van der Waals surface area contributed by atoms with Crippen molar-refractivity contribution in [2.24, 2.45) is 0 Å². The summed E-state index contributed by atoms with van der Waals surface area (Å²) in [5.74, 6) is 0.533. The van der Waals surface area contributed by atoms with Crippen molar-refractivity contribution in [2.75, 3.05) is 11.4 Å². The van der Waals surface area contributed by atoms with E-state index in [-0.39, 0.29) is 12.2 Å². The summed E-state index contributed by atoms with van der Waals surface area (Å²) in [6.45, 7) is 0.899. The van der Waals surface area contributed by atoms with Gasteiger partial charge in [0.25, 0.3) is 0 Å². The molecule has 1 N–H and O–H groups in total. The van der Waals surface area contributed by atoms with Crippen LogP contribution < -0.4 is 4.90 Å². The number of nitrogens with zero attached hydrogens (tertiary/aromatic N) is 3. The second-order valence-electron chi connectivity index (χ2n) is 6.20. The third kappa shape index (κ3) is 3.19. The van der Waals surface area contributed by atoms with E-state index in [1.165, 1.54) is 0 Å². The van der Waals surface area contributed by atoms with Crippen molar-refractivity contribution < 1.29 is 14.6 Å². The van der Waals surface area contributed by atoms with Crippen LogP contribution in [0.2, 0.25) is 0 Å². The van der Waals surface area contributed by atoms with Crippen LogP contribution in [0.3, 0.4) is 0 Å². The van der Waals surface area contributed by atoms with Crippen LogP contribution in [0.25, 0.3) is 0 Å². The largest absolute Gasteiger partial charge is 0.442 e. The molecule has 1 fully saturated rings. The third-order valence-electron chi connectivity index (χ3n) is 4.45. The molecule has 2 unspecified atom stereocenters. The molecule has 0 bridgehead atoms. The van der Waals surface area contributed by atoms with Crippen molar-refractivity contribution in [1.82, 2.24) is 9.55 Å². The topological polar surface area (TPSA) is 67.6 Å². The standard InChI is InChI=1S/C20H19N3O3/c24-18(15-7-3-1-4-8-15)19-21-11-12-22(19)13-17-14-23(20(25)26-17)16-9-5-2-6-10-16/h1-12,17-18,24H,13-14H2. The summed E-state index contributed by atoms with van der Waals surface area (Å²) in [6.07, 6.45) is 1.95. The fourth-order valence-electron chi connectivity index (χ4n) is 3.16. The van der Waals surface area contributed by atoms with Gasteiger partial charge in [-0.15, -0.1) is 0 Å². The Morgan fingerprint density at radius 2 is 1.81 bits per heavy atom. The van der Waals surface area contributed by atoms with Gasteiger partial charge < -0.3 is 14.4 Å². The van der Waals surface area contributed by atoms with Crippen molar-refractivity contribution >= 4 is 11.8 Å². The summed E-state index contributed by atoms with van der Waals surface area (Å²) in [6, 6.07) is 18.8. The van der Waals surface area contributed by atoms with E-state index in [0.717, 1.165) is 11.3 Å². The van der Waals surface area contributed by atoms with Gasteiger partial charge in [-0.3, -0.25) is 4.90 Å². The molecular formula is C20H19N3O3. The number of imidazole rings is 1. The normalized spacial score (nSPS) is 18.0. The minimum Gasteiger partial charge on any atom is -0.442 e. The van der Waals surface area contributed by atoms with Crippen LogP contribution in [0.1, 0.15) is 17.5 Å². The number of rotatable bonds is 5. The Morgan fingerprint density at radius 1 is 1.12 bits per heavy atom. The molecule has 6 heteroatoms. The van der Waals surface area contributed by atoms with E-state index in [4.69, 9.17) is 4.74 Å². The zero-order valence-electron chi connectivity index (χ0n) is 14.1. The van der Waals surface area contributed by atoms with Crippen LogP contribution in [0.5, 0.6) is 0 Å². The Labute approximate surface area is 151 Å². The summed E-state index contributed by atoms with van der Waals surface area (Å²) in [5, 5.41) is 10.6. The fourth-order valence-corrected chi connectivity index (χ4v) is 3.16. The van der Waals surface area contributed by atoms with Crippen LogP contribution in [-0.2, 0) is 11.3 Å². The molecule has 0 saturated carbocycles. The maximum absolute atomic E-state index is 12.2. The zero-order chi connectivity index (χ0) is 17.9. The van der Waals surface area contributed by atoms with E-state index in [9.17, 15) is 9.90 Å². The number of amides is 1. The van der Waals surface area contributed by atoms with Gasteiger partial charge in [-0.1, -0.05) is 48.5 Å². The SMILES string of the molecule is O=C1OC(Cn2ccnc2C(O)c2ccccc2)CN1c1ccccc1. The lowest BCUT2D eigenvalue weighted by Gasteiger charge is -2.16. The van der Waals surface area contributed by atoms with E-state index in [0.29, 0.717) is 18.9 Å². The first-order chi connectivity index (χ1) is 12.7. The molecule has 26 heavy (non-hydrogen) atoms. The molecule has 3 aromatic rings. The first-order valence-electron chi connectivity index (χ1n) is 8.49. The fraction of sp³-hybridized carbons (Fsp3) is 0.200. The maximum Gasteiger partial charge on any atom is 0.414 e. The minimum absolute atomic E-state index is 0.307. The number of hydrogen-bond donors (Lipinski definition) is 1. The number of carbonyl (C=O) groups excluding carboxylic acids is 1. The molecule has 2 heterocycles. The van der Waals surface area contributed by atoms with Gasteiger partial charge in [0.1, 0.15) is 18.0 Å². The van der Waals surface area contributed by atoms with Crippen LogP contribution in [0, 0.1) is 0 Å². The van der Waals surface area contributed by atoms with Gasteiger partial charge in [0.15, 0.2) is 0 Å². The van der Waals surface area contributed by atoms with Crippen molar-refractivity contribution in [3.63, 3.8) is 0 Å². The van der Waals surface area contributed by atoms with E-state index >= 15 is 0 Å². The number of hydrogen-bond acceptors (Lipinski definition) is 4. The third-order valence-corrected chi connectivity index (χ3v) is 4.45. The van der Waals surface area contributed by atoms with Gasteiger partial charge in [-0.05, 0) is 17.7 Å². The highest BCUT2D eigenvalue weighted by molar-refractivity contribution is 5.89. The molecular weight excluding hydrogens is 330 g/mol. The first kappa shape index (κ1) is 16.4. The summed E-state index contributed by atoms with van der Waals surface area (Å²) >= 11 is 0. The van der Waals surface area contributed by atoms with Crippen LogP contribution in [-0.4, -0.2) is 33.4 Å². The van der Waals surface area contributed by atoms with Gasteiger partial charge in [0.05, 0.1) is 13.1 Å². The summed E-state index contributed by atoms with van der Waals surface area (Å²) < 4.78 is 7.34. The smallest absolute Gasteiger partial charge is 0.414 e. The van der Waals surface area contributed by atoms with Crippen LogP contribution in [0.4, 0.5) is 10.5 Å². The Kier molecular flexibility index (Phi) is 4.41. The number of cyclic esters (lactones) is 1. The zero-order valence-corrected chi connectivity index (χ0v) is 14.1. The molecule has 2 aromatic carbocycles. The molecule has 1 saturated heterocycles. The minimum atomic E-state index is -0.825. The molecule has 1 aliphatic rings. The highest BCUT2D eigenvalue weighted by Crippen LogP contribution is 2.24. The molecule has 132 valence electrons. The van der Waals surface area contributed by atoms with Crippen molar-refractivity contribution in [2.45, 2.75) is 18.8 Å². The first-order valence-corrected chi connectivity index (χ1v) is 8.49. The molecule has 0 aliphatic carbocycles. The second kappa shape index (κ2) is 7.01. The number of carbonyl (C=O) groups is 1. The van der Waals surface area contributed by atoms with Gasteiger partial charge in [-0.2, -0.15) is 0 Å². The van der Waals surface area contributed by atoms with E-state index in [1.54, 1.807) is 17.3 Å². The van der Waals surface area contributed by atoms with E-state index < -0.39 is 6.10 Å². The average molecular weight is 349 g/mol. The van der Waals surface area contributed by atoms with Gasteiger partial charge in [0, 0.05) is 18.1 Å². The number of anilines is 1. The number of aliphatic hydroxyl groups is 1. The highest BCUT2D eigenvalue weighted by atomic mass is 16.6. The molecule has 1 amide bonds. The lowest BCUT2D eigenvalue weighted by molar-refractivity contribution is 0.128. The molecule has 1 aliphatic heterocycles. The van der Waals surface area contributed by atoms with Crippen LogP contribution >= 0.6 is 0 Å². The quantitative estimate of drug-likeness (QED) is 0.769. The van der Waals surface area contributed by atoms with Gasteiger partial charge in [-0.25, -0.2) is 9.78 Å². The second-order valence-corrected chi connectivity index (χ2v) is 6.20. The molecule has 2 atom stereocenters. The van der Waals surface area contributed by atoms with E-state index in [2.05, 4.69) is 4.98 Å². The lowest BCUT2D eigenvalue weighted by Crippen LogP contribution is -2.26. The predicted molar refractivity (Wildman–Crippen MR) is 96.8 cm³/mol. The summed E-state index contributed by atoms with van der Waals surface area (Å²) in [7, 11) is 0. The molecule has 1 aromatic heterocycles. The summed E-state index contributed by atoms with van der Waals surface area (Å²) in [5.41, 5.74) is 1.59. The van der Waals surface area contributed by atoms with E-state index in [1.807, 2.05) is 65.2 Å². The van der Waals surface area contributed by atoms with Gasteiger partial charge in [0.2, 0.25) is 0 Å². The Balaban J connectivity index is 1.49. The predicted octanol–water partition coefficient (Wildman–Crippen LogP) is 2.99. The molecule has 0 spiro atoms. The van der Waals surface area contributed by atoms with Gasteiger partial charge >= 0.3 is 6.09 Å². The Bertz CT molecular complexity index is 880. The number of ether oxygens (including phenoxy) is 1. The maximum atomic E-state index is 12.2. The Hall–Kier alpha value is -3.12. The number of benzene rings is 2. The number of para-hydroxylation sites is 1. The number of aliphatic hydroxyl groups excluding tert-OH is 1. The average Bonchev–Trinajstić information content (AvgIpc) is 3.29. The molecule has 0 radical (unpaired) electrons. The monoisotopic (exact) mass is 349 g/mol. The summed E-state index contributed by atoms with van der Waals surface area (Å²) in [4.78, 5) is 18.1. The molecule has 4 rings (SSSR count). The Morgan fingerprint density at radius 3 is 2.54 bits per heavy atom.